The average Bonchev–Trinajstić information content (AvgIpc) is 3.54. The van der Waals surface area contributed by atoms with E-state index in [1.807, 2.05) is 6.92 Å². The zero-order chi connectivity index (χ0) is 32.4. The molecule has 4 fully saturated rings. The van der Waals surface area contributed by atoms with E-state index in [4.69, 9.17) is 65.4 Å². The van der Waals surface area contributed by atoms with Crippen LogP contribution in [-0.4, -0.2) is 48.4 Å². The van der Waals surface area contributed by atoms with Crippen molar-refractivity contribution in [2.24, 2.45) is 22.7 Å². The number of ether oxygens (including phenoxy) is 4. The summed E-state index contributed by atoms with van der Waals surface area (Å²) in [6.07, 6.45) is 4.09. The van der Waals surface area contributed by atoms with Crippen LogP contribution in [0.3, 0.4) is 0 Å². The lowest BCUT2D eigenvalue weighted by atomic mass is 9.43. The molecule has 6 rings (SSSR count). The maximum atomic E-state index is 13.6. The van der Waals surface area contributed by atoms with Crippen LogP contribution in [0.2, 0.25) is 20.1 Å². The van der Waals surface area contributed by atoms with Crippen molar-refractivity contribution in [3.05, 3.63) is 67.6 Å². The van der Waals surface area contributed by atoms with Gasteiger partial charge < -0.3 is 18.9 Å². The molecule has 45 heavy (non-hydrogen) atoms. The van der Waals surface area contributed by atoms with Crippen molar-refractivity contribution in [3.8, 4) is 0 Å². The van der Waals surface area contributed by atoms with E-state index in [0.717, 1.165) is 25.7 Å². The Bertz CT molecular complexity index is 1550. The summed E-state index contributed by atoms with van der Waals surface area (Å²) in [5.41, 5.74) is -1.92. The Hall–Kier alpha value is -2.03. The highest BCUT2D eigenvalue weighted by atomic mass is 35.5. The number of rotatable bonds is 5. The molecule has 2 spiro atoms. The van der Waals surface area contributed by atoms with Crippen LogP contribution in [-0.2, 0) is 23.7 Å². The lowest BCUT2D eigenvalue weighted by Crippen LogP contribution is -2.67. The minimum Gasteiger partial charge on any atom is -0.463 e. The van der Waals surface area contributed by atoms with Crippen LogP contribution >= 0.6 is 46.4 Å². The van der Waals surface area contributed by atoms with Crippen LogP contribution in [0, 0.1) is 22.7 Å². The van der Waals surface area contributed by atoms with Crippen molar-refractivity contribution < 1.29 is 33.3 Å². The number of carbonyl (C=O) groups is 3. The standard InChI is InChI=1S/C34H36Cl4O7/c1-19-4-9-26-31(2,17-43-29(40)22-7-5-20(35)14-24(22)37)27(44-30(41)23-8-6-21(36)15-25(23)38)10-11-32(26,3)34(19)13-12-33(45-34)16-28(39)42-18-33/h5-8,14-15,19,26-27H,4,9-13,16-18H2,1-3H3/t19-,26+,27+,31+,32+,33+,34-/m1/s1. The number of benzene rings is 2. The first-order valence-corrected chi connectivity index (χ1v) is 16.9. The first-order valence-electron chi connectivity index (χ1n) is 15.4. The van der Waals surface area contributed by atoms with Gasteiger partial charge in [-0.3, -0.25) is 4.79 Å². The number of halogens is 4. The van der Waals surface area contributed by atoms with Gasteiger partial charge in [0.1, 0.15) is 24.9 Å². The number of fused-ring (bicyclic) bond motifs is 2. The van der Waals surface area contributed by atoms with Crippen LogP contribution in [0.1, 0.15) is 86.4 Å². The zero-order valence-corrected chi connectivity index (χ0v) is 28.5. The summed E-state index contributed by atoms with van der Waals surface area (Å²) in [5, 5.41) is 1.20. The summed E-state index contributed by atoms with van der Waals surface area (Å²) in [5.74, 6) is -1.23. The van der Waals surface area contributed by atoms with Crippen LogP contribution < -0.4 is 0 Å². The minimum atomic E-state index is -0.801. The zero-order valence-electron chi connectivity index (χ0n) is 25.4. The fourth-order valence-corrected chi connectivity index (χ4v) is 9.87. The van der Waals surface area contributed by atoms with E-state index < -0.39 is 34.7 Å². The highest BCUT2D eigenvalue weighted by Crippen LogP contribution is 2.68. The van der Waals surface area contributed by atoms with Crippen molar-refractivity contribution >= 4 is 64.3 Å². The summed E-state index contributed by atoms with van der Waals surface area (Å²) in [7, 11) is 0. The molecule has 2 saturated heterocycles. The maximum absolute atomic E-state index is 13.6. The predicted molar refractivity (Wildman–Crippen MR) is 171 cm³/mol. The summed E-state index contributed by atoms with van der Waals surface area (Å²) >= 11 is 24.9. The van der Waals surface area contributed by atoms with Gasteiger partial charge in [0.2, 0.25) is 0 Å². The van der Waals surface area contributed by atoms with Crippen LogP contribution in [0.15, 0.2) is 36.4 Å². The SMILES string of the molecule is C[C@@H]1CC[C@H]2[C@](C)(COC(=O)c3ccc(Cl)cc3Cl)[C@@H](OC(=O)c3ccc(Cl)cc3Cl)CC[C@]2(C)[C@@]12CC[C@]1(COC(=O)C1)O2. The quantitative estimate of drug-likeness (QED) is 0.228. The largest absolute Gasteiger partial charge is 0.463 e. The molecule has 0 amide bonds. The topological polar surface area (TPSA) is 88.1 Å². The molecule has 2 aliphatic heterocycles. The molecule has 2 saturated carbocycles. The summed E-state index contributed by atoms with van der Waals surface area (Å²) in [4.78, 5) is 39.1. The summed E-state index contributed by atoms with van der Waals surface area (Å²) in [6.45, 7) is 6.76. The molecule has 4 aliphatic rings. The molecule has 2 heterocycles. The second-order valence-corrected chi connectivity index (χ2v) is 15.4. The van der Waals surface area contributed by atoms with Crippen LogP contribution in [0.25, 0.3) is 0 Å². The molecule has 0 unspecified atom stereocenters. The van der Waals surface area contributed by atoms with Gasteiger partial charge in [0.25, 0.3) is 0 Å². The number of carbonyl (C=O) groups excluding carboxylic acids is 3. The van der Waals surface area contributed by atoms with Gasteiger partial charge in [-0.25, -0.2) is 9.59 Å². The monoisotopic (exact) mass is 696 g/mol. The fraction of sp³-hybridized carbons (Fsp3) is 0.559. The Morgan fingerprint density at radius 1 is 0.889 bits per heavy atom. The van der Waals surface area contributed by atoms with Gasteiger partial charge in [-0.1, -0.05) is 67.2 Å². The third kappa shape index (κ3) is 5.54. The van der Waals surface area contributed by atoms with Crippen molar-refractivity contribution in [3.63, 3.8) is 0 Å². The Labute approximate surface area is 283 Å². The van der Waals surface area contributed by atoms with E-state index in [-0.39, 0.29) is 64.0 Å². The van der Waals surface area contributed by atoms with Crippen molar-refractivity contribution in [1.29, 1.82) is 0 Å². The second-order valence-electron chi connectivity index (χ2n) is 13.7. The molecule has 2 aliphatic carbocycles. The number of hydrogen-bond donors (Lipinski definition) is 0. The molecular weight excluding hydrogens is 662 g/mol. The van der Waals surface area contributed by atoms with E-state index >= 15 is 0 Å². The molecule has 2 aromatic rings. The highest BCUT2D eigenvalue weighted by Gasteiger charge is 2.70. The highest BCUT2D eigenvalue weighted by molar-refractivity contribution is 6.37. The first-order chi connectivity index (χ1) is 21.2. The van der Waals surface area contributed by atoms with Crippen LogP contribution in [0.5, 0.6) is 0 Å². The Kier molecular flexibility index (Phi) is 8.69. The summed E-state index contributed by atoms with van der Waals surface area (Å²) < 4.78 is 24.8. The third-order valence-electron chi connectivity index (χ3n) is 11.3. The fourth-order valence-electron chi connectivity index (χ4n) is 8.90. The number of cyclic esters (lactones) is 1. The van der Waals surface area contributed by atoms with E-state index in [1.54, 1.807) is 18.2 Å². The lowest BCUT2D eigenvalue weighted by molar-refractivity contribution is -0.265. The van der Waals surface area contributed by atoms with Gasteiger partial charge in [0.15, 0.2) is 0 Å². The molecule has 11 heteroatoms. The minimum absolute atomic E-state index is 0.0193. The molecule has 7 atom stereocenters. The third-order valence-corrected chi connectivity index (χ3v) is 12.4. The van der Waals surface area contributed by atoms with Crippen molar-refractivity contribution in [2.75, 3.05) is 13.2 Å². The number of hydrogen-bond acceptors (Lipinski definition) is 7. The van der Waals surface area contributed by atoms with Crippen molar-refractivity contribution in [1.82, 2.24) is 0 Å². The van der Waals surface area contributed by atoms with Gasteiger partial charge >= 0.3 is 17.9 Å². The number of esters is 3. The molecule has 0 bridgehead atoms. The summed E-state index contributed by atoms with van der Waals surface area (Å²) in [6, 6.07) is 9.26. The van der Waals surface area contributed by atoms with Gasteiger partial charge in [-0.05, 0) is 86.8 Å². The Balaban J connectivity index is 1.34. The second kappa shape index (κ2) is 11.9. The molecule has 242 valence electrons. The Morgan fingerprint density at radius 3 is 2.13 bits per heavy atom. The predicted octanol–water partition coefficient (Wildman–Crippen LogP) is 8.77. The molecule has 0 radical (unpaired) electrons. The van der Waals surface area contributed by atoms with Gasteiger partial charge in [0, 0.05) is 20.9 Å². The molecule has 0 N–H and O–H groups in total. The first kappa shape index (κ1) is 32.9. The lowest BCUT2D eigenvalue weighted by Gasteiger charge is -2.65. The van der Waals surface area contributed by atoms with E-state index in [2.05, 4.69) is 13.8 Å². The van der Waals surface area contributed by atoms with Crippen LogP contribution in [0.4, 0.5) is 0 Å². The van der Waals surface area contributed by atoms with E-state index in [9.17, 15) is 14.4 Å². The smallest absolute Gasteiger partial charge is 0.339 e. The van der Waals surface area contributed by atoms with Crippen molar-refractivity contribution in [2.45, 2.75) is 83.0 Å². The van der Waals surface area contributed by atoms with E-state index in [1.165, 1.54) is 18.2 Å². The molecular formula is C34H36Cl4O7. The Morgan fingerprint density at radius 2 is 1.53 bits per heavy atom. The molecule has 7 nitrogen and oxygen atoms in total. The maximum Gasteiger partial charge on any atom is 0.339 e. The molecule has 2 aromatic carbocycles. The van der Waals surface area contributed by atoms with Gasteiger partial charge in [0.05, 0.1) is 33.2 Å². The average molecular weight is 698 g/mol. The van der Waals surface area contributed by atoms with Gasteiger partial charge in [-0.2, -0.15) is 0 Å². The molecule has 0 aromatic heterocycles. The van der Waals surface area contributed by atoms with Gasteiger partial charge in [-0.15, -0.1) is 0 Å². The van der Waals surface area contributed by atoms with E-state index in [0.29, 0.717) is 22.9 Å². The normalized spacial score (nSPS) is 35.7.